The molecule has 132 valence electrons. The van der Waals surface area contributed by atoms with E-state index in [0.717, 1.165) is 5.56 Å². The number of carbonyl (C=O) groups excluding carboxylic acids is 1. The molecule has 0 saturated carbocycles. The second kappa shape index (κ2) is 9.35. The zero-order valence-electron chi connectivity index (χ0n) is 13.9. The molecule has 0 aromatic heterocycles. The highest BCUT2D eigenvalue weighted by Gasteiger charge is 2.12. The van der Waals surface area contributed by atoms with Crippen LogP contribution < -0.4 is 9.47 Å². The van der Waals surface area contributed by atoms with Crippen molar-refractivity contribution in [2.75, 3.05) is 13.7 Å². The second-order valence-electron chi connectivity index (χ2n) is 5.00. The molecular formula is C19H18Cl2O4. The molecule has 25 heavy (non-hydrogen) atoms. The largest absolute Gasteiger partial charge is 0.493 e. The van der Waals surface area contributed by atoms with Crippen LogP contribution in [-0.4, -0.2) is 19.7 Å². The van der Waals surface area contributed by atoms with Crippen LogP contribution in [0, 0.1) is 0 Å². The topological polar surface area (TPSA) is 44.8 Å². The number of rotatable bonds is 7. The van der Waals surface area contributed by atoms with E-state index in [9.17, 15) is 4.79 Å². The molecule has 2 rings (SSSR count). The normalized spacial score (nSPS) is 10.7. The second-order valence-corrected chi connectivity index (χ2v) is 5.81. The molecule has 0 aliphatic carbocycles. The first kappa shape index (κ1) is 19.2. The standard InChI is InChI=1S/C19H18Cl2O4/c1-3-24-18(22)9-8-13-10-16(21)19(17(11-13)23-2)25-12-14-6-4-5-7-15(14)20/h4-11H,3,12H2,1-2H3/b9-8+. The lowest BCUT2D eigenvalue weighted by Crippen LogP contribution is -2.00. The number of esters is 1. The van der Waals surface area contributed by atoms with Gasteiger partial charge in [0.05, 0.1) is 18.7 Å². The molecule has 0 N–H and O–H groups in total. The maximum Gasteiger partial charge on any atom is 0.330 e. The third-order valence-corrected chi connectivity index (χ3v) is 3.93. The summed E-state index contributed by atoms with van der Waals surface area (Å²) in [6.45, 7) is 2.33. The summed E-state index contributed by atoms with van der Waals surface area (Å²) >= 11 is 12.4. The molecule has 0 aliphatic heterocycles. The van der Waals surface area contributed by atoms with E-state index in [-0.39, 0.29) is 6.61 Å². The fourth-order valence-electron chi connectivity index (χ4n) is 2.10. The lowest BCUT2D eigenvalue weighted by Gasteiger charge is -2.14. The fourth-order valence-corrected chi connectivity index (χ4v) is 2.56. The van der Waals surface area contributed by atoms with Crippen LogP contribution in [0.2, 0.25) is 10.0 Å². The number of methoxy groups -OCH3 is 1. The third kappa shape index (κ3) is 5.41. The lowest BCUT2D eigenvalue weighted by atomic mass is 10.2. The van der Waals surface area contributed by atoms with Crippen LogP contribution in [0.3, 0.4) is 0 Å². The molecule has 2 aromatic rings. The summed E-state index contributed by atoms with van der Waals surface area (Å²) in [5.74, 6) is 0.456. The highest BCUT2D eigenvalue weighted by molar-refractivity contribution is 6.32. The highest BCUT2D eigenvalue weighted by atomic mass is 35.5. The van der Waals surface area contributed by atoms with Gasteiger partial charge in [0.2, 0.25) is 0 Å². The summed E-state index contributed by atoms with van der Waals surface area (Å²) in [6, 6.07) is 10.8. The summed E-state index contributed by atoms with van der Waals surface area (Å²) in [5.41, 5.74) is 1.54. The van der Waals surface area contributed by atoms with Crippen molar-refractivity contribution in [2.45, 2.75) is 13.5 Å². The van der Waals surface area contributed by atoms with Gasteiger partial charge in [-0.2, -0.15) is 0 Å². The molecule has 0 radical (unpaired) electrons. The van der Waals surface area contributed by atoms with Gasteiger partial charge in [-0.3, -0.25) is 0 Å². The number of benzene rings is 2. The molecule has 0 aliphatic rings. The van der Waals surface area contributed by atoms with Crippen molar-refractivity contribution >= 4 is 35.2 Å². The van der Waals surface area contributed by atoms with Crippen molar-refractivity contribution < 1.29 is 19.0 Å². The Morgan fingerprint density at radius 2 is 1.92 bits per heavy atom. The maximum atomic E-state index is 11.4. The van der Waals surface area contributed by atoms with Gasteiger partial charge in [0.15, 0.2) is 11.5 Å². The molecule has 4 nitrogen and oxygen atoms in total. The van der Waals surface area contributed by atoms with Crippen LogP contribution in [0.5, 0.6) is 11.5 Å². The molecular weight excluding hydrogens is 363 g/mol. The van der Waals surface area contributed by atoms with Crippen molar-refractivity contribution in [2.24, 2.45) is 0 Å². The minimum absolute atomic E-state index is 0.258. The molecule has 6 heteroatoms. The van der Waals surface area contributed by atoms with Crippen LogP contribution in [0.15, 0.2) is 42.5 Å². The van der Waals surface area contributed by atoms with E-state index in [1.807, 2.05) is 18.2 Å². The zero-order chi connectivity index (χ0) is 18.2. The number of ether oxygens (including phenoxy) is 3. The van der Waals surface area contributed by atoms with Crippen molar-refractivity contribution in [3.05, 3.63) is 63.6 Å². The van der Waals surface area contributed by atoms with Gasteiger partial charge in [0.1, 0.15) is 6.61 Å². The molecule has 0 saturated heterocycles. The molecule has 0 spiro atoms. The maximum absolute atomic E-state index is 11.4. The predicted octanol–water partition coefficient (Wildman–Crippen LogP) is 5.16. The summed E-state index contributed by atoms with van der Waals surface area (Å²) in [7, 11) is 1.52. The third-order valence-electron chi connectivity index (χ3n) is 3.28. The average Bonchev–Trinajstić information content (AvgIpc) is 2.60. The van der Waals surface area contributed by atoms with Crippen LogP contribution in [0.25, 0.3) is 6.08 Å². The van der Waals surface area contributed by atoms with Crippen molar-refractivity contribution in [1.29, 1.82) is 0 Å². The number of hydrogen-bond acceptors (Lipinski definition) is 4. The Labute approximate surface area is 156 Å². The molecule has 0 fully saturated rings. The minimum atomic E-state index is -0.420. The summed E-state index contributed by atoms with van der Waals surface area (Å²) in [5, 5.41) is 0.987. The molecule has 0 bridgehead atoms. The van der Waals surface area contributed by atoms with Gasteiger partial charge in [-0.05, 0) is 36.8 Å². The molecule has 0 heterocycles. The summed E-state index contributed by atoms with van der Waals surface area (Å²) in [4.78, 5) is 11.4. The highest BCUT2D eigenvalue weighted by Crippen LogP contribution is 2.37. The Kier molecular flexibility index (Phi) is 7.16. The smallest absolute Gasteiger partial charge is 0.330 e. The molecule has 0 unspecified atom stereocenters. The Bertz CT molecular complexity index is 772. The summed E-state index contributed by atoms with van der Waals surface area (Å²) < 4.78 is 16.0. The minimum Gasteiger partial charge on any atom is -0.493 e. The van der Waals surface area contributed by atoms with Crippen molar-refractivity contribution in [3.8, 4) is 11.5 Å². The Morgan fingerprint density at radius 1 is 1.16 bits per heavy atom. The van der Waals surface area contributed by atoms with Crippen LogP contribution in [0.4, 0.5) is 0 Å². The number of halogens is 2. The Hall–Kier alpha value is -2.17. The monoisotopic (exact) mass is 380 g/mol. The average molecular weight is 381 g/mol. The van der Waals surface area contributed by atoms with Gasteiger partial charge in [-0.25, -0.2) is 4.79 Å². The van der Waals surface area contributed by atoms with Gasteiger partial charge in [0, 0.05) is 16.7 Å². The van der Waals surface area contributed by atoms with E-state index in [4.69, 9.17) is 37.4 Å². The molecule has 2 aromatic carbocycles. The van der Waals surface area contributed by atoms with Crippen LogP contribution in [-0.2, 0) is 16.1 Å². The van der Waals surface area contributed by atoms with Crippen molar-refractivity contribution in [1.82, 2.24) is 0 Å². The first-order valence-electron chi connectivity index (χ1n) is 7.63. The van der Waals surface area contributed by atoms with Crippen molar-refractivity contribution in [3.63, 3.8) is 0 Å². The van der Waals surface area contributed by atoms with Gasteiger partial charge >= 0.3 is 5.97 Å². The van der Waals surface area contributed by atoms with Gasteiger partial charge in [-0.15, -0.1) is 0 Å². The van der Waals surface area contributed by atoms with E-state index >= 15 is 0 Å². The quantitative estimate of drug-likeness (QED) is 0.491. The first-order chi connectivity index (χ1) is 12.0. The number of hydrogen-bond donors (Lipinski definition) is 0. The molecule has 0 atom stereocenters. The van der Waals surface area contributed by atoms with E-state index < -0.39 is 5.97 Å². The van der Waals surface area contributed by atoms with Crippen LogP contribution in [0.1, 0.15) is 18.1 Å². The van der Waals surface area contributed by atoms with Gasteiger partial charge in [-0.1, -0.05) is 41.4 Å². The summed E-state index contributed by atoms with van der Waals surface area (Å²) in [6.07, 6.45) is 2.93. The first-order valence-corrected chi connectivity index (χ1v) is 8.39. The zero-order valence-corrected chi connectivity index (χ0v) is 15.4. The molecule has 0 amide bonds. The van der Waals surface area contributed by atoms with Gasteiger partial charge in [0.25, 0.3) is 0 Å². The fraction of sp³-hybridized carbons (Fsp3) is 0.211. The SMILES string of the molecule is CCOC(=O)/C=C/c1cc(Cl)c(OCc2ccccc2Cl)c(OC)c1. The van der Waals surface area contributed by atoms with E-state index in [2.05, 4.69) is 0 Å². The predicted molar refractivity (Wildman–Crippen MR) is 99.5 cm³/mol. The number of carbonyl (C=O) groups is 1. The Morgan fingerprint density at radius 3 is 2.60 bits per heavy atom. The van der Waals surface area contributed by atoms with E-state index in [0.29, 0.717) is 33.7 Å². The Balaban J connectivity index is 2.19. The van der Waals surface area contributed by atoms with E-state index in [1.54, 1.807) is 31.2 Å². The van der Waals surface area contributed by atoms with Crippen LogP contribution >= 0.6 is 23.2 Å². The van der Waals surface area contributed by atoms with Gasteiger partial charge < -0.3 is 14.2 Å². The van der Waals surface area contributed by atoms with E-state index in [1.165, 1.54) is 13.2 Å². The lowest BCUT2D eigenvalue weighted by molar-refractivity contribution is -0.137.